The summed E-state index contributed by atoms with van der Waals surface area (Å²) in [4.78, 5) is 9.48. The van der Waals surface area contributed by atoms with Gasteiger partial charge in [0.2, 0.25) is 0 Å². The zero-order valence-electron chi connectivity index (χ0n) is 6.23. The summed E-state index contributed by atoms with van der Waals surface area (Å²) in [6.45, 7) is -2.02. The van der Waals surface area contributed by atoms with Crippen LogP contribution in [-0.2, 0) is 16.3 Å². The Labute approximate surface area is 71.6 Å². The van der Waals surface area contributed by atoms with Gasteiger partial charge in [0.25, 0.3) is 6.64 Å². The number of hydrogen-bond acceptors (Lipinski definition) is 2. The van der Waals surface area contributed by atoms with E-state index in [9.17, 15) is 4.89 Å². The van der Waals surface area contributed by atoms with E-state index in [1.807, 2.05) is 0 Å². The van der Waals surface area contributed by atoms with Gasteiger partial charge in [0.05, 0.1) is 0 Å². The molecule has 2 unspecified atom stereocenters. The standard InChI is InChI=1S/C6H10NO2PS/c1-3-6-4-5-7(2)10(8,11)9-6/h1,6H,4-5H2,2H3,(H,8,11). The van der Waals surface area contributed by atoms with Crippen molar-refractivity contribution >= 4 is 18.4 Å². The van der Waals surface area contributed by atoms with Crippen LogP contribution in [0.1, 0.15) is 6.42 Å². The number of rotatable bonds is 0. The van der Waals surface area contributed by atoms with Crippen LogP contribution in [0.4, 0.5) is 0 Å². The molecule has 1 aliphatic heterocycles. The smallest absolute Gasteiger partial charge is 0.262 e. The molecule has 0 aliphatic carbocycles. The number of terminal acetylenes is 1. The van der Waals surface area contributed by atoms with Gasteiger partial charge in [0, 0.05) is 6.54 Å². The minimum Gasteiger partial charge on any atom is -0.334 e. The fraction of sp³-hybridized carbons (Fsp3) is 0.667. The number of nitrogens with zero attached hydrogens (tertiary/aromatic N) is 1. The molecule has 0 amide bonds. The lowest BCUT2D eigenvalue weighted by molar-refractivity contribution is 0.171. The molecule has 1 aliphatic rings. The molecule has 0 radical (unpaired) electrons. The molecule has 1 N–H and O–H groups in total. The molecule has 0 spiro atoms. The molecule has 0 saturated carbocycles. The van der Waals surface area contributed by atoms with Crippen LogP contribution in [-0.4, -0.2) is 29.3 Å². The molecular weight excluding hydrogens is 181 g/mol. The predicted molar refractivity (Wildman–Crippen MR) is 47.5 cm³/mol. The second-order valence-corrected chi connectivity index (χ2v) is 5.72. The summed E-state index contributed by atoms with van der Waals surface area (Å²) in [6, 6.07) is 0. The van der Waals surface area contributed by atoms with Gasteiger partial charge in [0.1, 0.15) is 6.10 Å². The summed E-state index contributed by atoms with van der Waals surface area (Å²) in [5.74, 6) is 2.43. The van der Waals surface area contributed by atoms with Crippen LogP contribution in [0.2, 0.25) is 0 Å². The minimum absolute atomic E-state index is 0.304. The van der Waals surface area contributed by atoms with Gasteiger partial charge in [-0.1, -0.05) is 5.92 Å². The van der Waals surface area contributed by atoms with Gasteiger partial charge < -0.3 is 9.42 Å². The Bertz CT molecular complexity index is 237. The maximum Gasteiger partial charge on any atom is 0.262 e. The van der Waals surface area contributed by atoms with E-state index in [-0.39, 0.29) is 6.10 Å². The quantitative estimate of drug-likeness (QED) is 0.448. The molecule has 1 saturated heterocycles. The lowest BCUT2D eigenvalue weighted by Crippen LogP contribution is -2.29. The fourth-order valence-electron chi connectivity index (χ4n) is 0.843. The summed E-state index contributed by atoms with van der Waals surface area (Å²) in [7, 11) is 1.74. The van der Waals surface area contributed by atoms with Crippen LogP contribution in [0.5, 0.6) is 0 Å². The first-order chi connectivity index (χ1) is 5.06. The zero-order valence-corrected chi connectivity index (χ0v) is 7.94. The summed E-state index contributed by atoms with van der Waals surface area (Å²) >= 11 is 4.84. The van der Waals surface area contributed by atoms with Crippen molar-refractivity contribution in [3.63, 3.8) is 0 Å². The van der Waals surface area contributed by atoms with E-state index in [4.69, 9.17) is 22.8 Å². The molecule has 1 heterocycles. The Balaban J connectivity index is 2.69. The van der Waals surface area contributed by atoms with E-state index in [1.54, 1.807) is 11.7 Å². The molecule has 0 aromatic rings. The SMILES string of the molecule is C#CC1CCN(C)P(O)(=S)O1. The normalized spacial score (nSPS) is 39.9. The van der Waals surface area contributed by atoms with Gasteiger partial charge in [0.15, 0.2) is 0 Å². The van der Waals surface area contributed by atoms with Crippen LogP contribution in [0.3, 0.4) is 0 Å². The molecule has 62 valence electrons. The molecule has 0 aromatic heterocycles. The van der Waals surface area contributed by atoms with E-state index < -0.39 is 6.64 Å². The van der Waals surface area contributed by atoms with Crippen LogP contribution in [0, 0.1) is 12.3 Å². The molecule has 0 bridgehead atoms. The zero-order chi connectivity index (χ0) is 8.48. The van der Waals surface area contributed by atoms with Crippen molar-refractivity contribution in [2.45, 2.75) is 12.5 Å². The number of hydrogen-bond donors (Lipinski definition) is 1. The second-order valence-electron chi connectivity index (χ2n) is 2.42. The van der Waals surface area contributed by atoms with E-state index in [0.29, 0.717) is 6.54 Å². The lowest BCUT2D eigenvalue weighted by atomic mass is 10.3. The molecule has 1 rings (SSSR count). The van der Waals surface area contributed by atoms with Crippen molar-refractivity contribution < 1.29 is 9.42 Å². The van der Waals surface area contributed by atoms with Crippen molar-refractivity contribution in [3.05, 3.63) is 0 Å². The van der Waals surface area contributed by atoms with Gasteiger partial charge in [-0.3, -0.25) is 0 Å². The minimum atomic E-state index is -2.73. The third-order valence-electron chi connectivity index (χ3n) is 1.60. The average Bonchev–Trinajstić information content (AvgIpc) is 1.95. The van der Waals surface area contributed by atoms with Gasteiger partial charge in [-0.2, -0.15) is 0 Å². The Kier molecular flexibility index (Phi) is 2.69. The third-order valence-corrected chi connectivity index (χ3v) is 4.28. The fourth-order valence-corrected chi connectivity index (χ4v) is 2.43. The molecule has 1 fully saturated rings. The predicted octanol–water partition coefficient (Wildman–Crippen LogP) is 0.557. The molecule has 3 nitrogen and oxygen atoms in total. The van der Waals surface area contributed by atoms with Gasteiger partial charge in [-0.25, -0.2) is 4.67 Å². The third kappa shape index (κ3) is 2.02. The first-order valence-corrected chi connectivity index (χ1v) is 5.88. The summed E-state index contributed by atoms with van der Waals surface area (Å²) in [5, 5.41) is 0. The van der Waals surface area contributed by atoms with Crippen molar-refractivity contribution in [1.29, 1.82) is 0 Å². The largest absolute Gasteiger partial charge is 0.334 e. The van der Waals surface area contributed by atoms with Crippen LogP contribution >= 0.6 is 6.64 Å². The van der Waals surface area contributed by atoms with E-state index in [0.717, 1.165) is 6.42 Å². The van der Waals surface area contributed by atoms with Crippen LogP contribution in [0.25, 0.3) is 0 Å². The van der Waals surface area contributed by atoms with Gasteiger partial charge in [-0.05, 0) is 25.3 Å². The Morgan fingerprint density at radius 1 is 1.91 bits per heavy atom. The van der Waals surface area contributed by atoms with Crippen molar-refractivity contribution in [3.8, 4) is 12.3 Å². The maximum atomic E-state index is 9.48. The van der Waals surface area contributed by atoms with Crippen molar-refractivity contribution in [2.75, 3.05) is 13.6 Å². The van der Waals surface area contributed by atoms with Crippen molar-refractivity contribution in [1.82, 2.24) is 4.67 Å². The van der Waals surface area contributed by atoms with Crippen molar-refractivity contribution in [2.24, 2.45) is 0 Å². The Hall–Kier alpha value is 0.0900. The molecule has 2 atom stereocenters. The summed E-state index contributed by atoms with van der Waals surface area (Å²) < 4.78 is 6.76. The monoisotopic (exact) mass is 191 g/mol. The van der Waals surface area contributed by atoms with Crippen LogP contribution in [0.15, 0.2) is 0 Å². The van der Waals surface area contributed by atoms with E-state index >= 15 is 0 Å². The average molecular weight is 191 g/mol. The highest BCUT2D eigenvalue weighted by Crippen LogP contribution is 2.49. The van der Waals surface area contributed by atoms with E-state index in [2.05, 4.69) is 5.92 Å². The highest BCUT2D eigenvalue weighted by atomic mass is 32.5. The van der Waals surface area contributed by atoms with Crippen LogP contribution < -0.4 is 0 Å². The highest BCUT2D eigenvalue weighted by molar-refractivity contribution is 8.08. The first-order valence-electron chi connectivity index (χ1n) is 3.25. The second kappa shape index (κ2) is 3.22. The molecule has 5 heteroatoms. The molecule has 0 aromatic carbocycles. The lowest BCUT2D eigenvalue weighted by Gasteiger charge is -2.33. The first kappa shape index (κ1) is 9.18. The summed E-state index contributed by atoms with van der Waals surface area (Å²) in [6.07, 6.45) is 5.57. The van der Waals surface area contributed by atoms with E-state index in [1.165, 1.54) is 0 Å². The Morgan fingerprint density at radius 3 is 3.00 bits per heavy atom. The Morgan fingerprint density at radius 2 is 2.55 bits per heavy atom. The van der Waals surface area contributed by atoms with Gasteiger partial charge >= 0.3 is 0 Å². The molecular formula is C6H10NO2PS. The van der Waals surface area contributed by atoms with Gasteiger partial charge in [-0.15, -0.1) is 6.42 Å². The topological polar surface area (TPSA) is 32.7 Å². The molecule has 11 heavy (non-hydrogen) atoms. The summed E-state index contributed by atoms with van der Waals surface area (Å²) in [5.41, 5.74) is 0. The highest BCUT2D eigenvalue weighted by Gasteiger charge is 2.29. The maximum absolute atomic E-state index is 9.48.